The van der Waals surface area contributed by atoms with E-state index in [9.17, 15) is 15.0 Å². The van der Waals surface area contributed by atoms with Gasteiger partial charge in [-0.2, -0.15) is 4.98 Å². The van der Waals surface area contributed by atoms with E-state index in [1.807, 2.05) is 0 Å². The summed E-state index contributed by atoms with van der Waals surface area (Å²) in [7, 11) is 0. The molecule has 2 saturated heterocycles. The van der Waals surface area contributed by atoms with Gasteiger partial charge in [0, 0.05) is 32.4 Å². The van der Waals surface area contributed by atoms with Gasteiger partial charge in [0.05, 0.1) is 6.61 Å². The molecule has 2 aliphatic rings. The fourth-order valence-corrected chi connectivity index (χ4v) is 2.33. The Kier molecular flexibility index (Phi) is 6.45. The Morgan fingerprint density at radius 1 is 1.26 bits per heavy atom. The van der Waals surface area contributed by atoms with Crippen LogP contribution in [0.4, 0.5) is 5.82 Å². The van der Waals surface area contributed by atoms with Crippen molar-refractivity contribution < 1.29 is 20.1 Å². The zero-order valence-electron chi connectivity index (χ0n) is 12.6. The third-order valence-corrected chi connectivity index (χ3v) is 3.60. The van der Waals surface area contributed by atoms with Gasteiger partial charge in [-0.3, -0.25) is 4.57 Å². The number of nitrogens with zero attached hydrogens (tertiary/aromatic N) is 2. The van der Waals surface area contributed by atoms with E-state index in [4.69, 9.17) is 15.6 Å². The van der Waals surface area contributed by atoms with Crippen LogP contribution in [0.25, 0.3) is 0 Å². The average molecular weight is 329 g/mol. The highest BCUT2D eigenvalue weighted by Gasteiger charge is 2.43. The third-order valence-electron chi connectivity index (χ3n) is 3.60. The van der Waals surface area contributed by atoms with Gasteiger partial charge >= 0.3 is 5.69 Å². The molecular formula is C13H23N5O5. The number of nitrogen functional groups attached to an aromatic ring is 1. The molecule has 3 rings (SSSR count). The zero-order valence-corrected chi connectivity index (χ0v) is 12.6. The van der Waals surface area contributed by atoms with Crippen LogP contribution >= 0.6 is 0 Å². The monoisotopic (exact) mass is 329 g/mol. The van der Waals surface area contributed by atoms with E-state index in [-0.39, 0.29) is 5.82 Å². The number of ether oxygens (including phenoxy) is 1. The first-order valence-corrected chi connectivity index (χ1v) is 7.43. The smallest absolute Gasteiger partial charge is 0.351 e. The molecule has 2 aliphatic heterocycles. The number of aliphatic hydroxyl groups is 3. The second kappa shape index (κ2) is 8.34. The summed E-state index contributed by atoms with van der Waals surface area (Å²) in [6.07, 6.45) is -3.27. The molecule has 3 heterocycles. The summed E-state index contributed by atoms with van der Waals surface area (Å²) in [5.74, 6) is 0.0537. The fraction of sp³-hybridized carbons (Fsp3) is 0.692. The Hall–Kier alpha value is -1.56. The minimum Gasteiger partial charge on any atom is -0.394 e. The molecule has 0 saturated carbocycles. The summed E-state index contributed by atoms with van der Waals surface area (Å²) in [5.41, 5.74) is 4.63. The van der Waals surface area contributed by atoms with Crippen molar-refractivity contribution in [3.05, 3.63) is 22.7 Å². The molecule has 0 bridgehead atoms. The summed E-state index contributed by atoms with van der Waals surface area (Å²) in [4.78, 5) is 15.0. The van der Waals surface area contributed by atoms with Gasteiger partial charge in [0.1, 0.15) is 24.1 Å². The molecule has 10 heteroatoms. The van der Waals surface area contributed by atoms with Crippen LogP contribution in [0.5, 0.6) is 0 Å². The highest BCUT2D eigenvalue weighted by atomic mass is 16.6. The number of piperazine rings is 1. The van der Waals surface area contributed by atoms with Crippen molar-refractivity contribution in [2.24, 2.45) is 0 Å². The minimum atomic E-state index is -1.31. The lowest BCUT2D eigenvalue weighted by atomic mass is 10.1. The van der Waals surface area contributed by atoms with Gasteiger partial charge in [-0.15, -0.1) is 0 Å². The third kappa shape index (κ3) is 4.47. The van der Waals surface area contributed by atoms with Crippen molar-refractivity contribution in [3.8, 4) is 0 Å². The Morgan fingerprint density at radius 2 is 1.87 bits per heavy atom. The number of anilines is 1. The van der Waals surface area contributed by atoms with Gasteiger partial charge in [-0.1, -0.05) is 0 Å². The molecule has 0 radical (unpaired) electrons. The standard InChI is InChI=1S/C9H13N3O5.C4H10N2/c10-5-1-2-12(9(16)11-5)8-7(15)6(14)4(3-13)17-8;1-2-6-4-3-5-1/h1-2,4,6-8,13-15H,3H2,(H2,10,11,16);5-6H,1-4H2/t4-,6-,7-,8-;/m1./s1. The van der Waals surface area contributed by atoms with E-state index in [0.29, 0.717) is 0 Å². The van der Waals surface area contributed by atoms with Crippen molar-refractivity contribution in [3.63, 3.8) is 0 Å². The number of hydrogen-bond donors (Lipinski definition) is 6. The van der Waals surface area contributed by atoms with Crippen LogP contribution in [-0.2, 0) is 4.74 Å². The van der Waals surface area contributed by atoms with Gasteiger partial charge < -0.3 is 36.4 Å². The van der Waals surface area contributed by atoms with Crippen LogP contribution in [0.3, 0.4) is 0 Å². The Labute approximate surface area is 132 Å². The topological polar surface area (TPSA) is 155 Å². The predicted octanol–water partition coefficient (Wildman–Crippen LogP) is -3.38. The summed E-state index contributed by atoms with van der Waals surface area (Å²) in [5, 5.41) is 34.6. The number of nitrogens with two attached hydrogens (primary N) is 1. The Balaban J connectivity index is 0.000000268. The van der Waals surface area contributed by atoms with Gasteiger partial charge in [0.25, 0.3) is 0 Å². The van der Waals surface area contributed by atoms with E-state index in [2.05, 4.69) is 15.6 Å². The highest BCUT2D eigenvalue weighted by Crippen LogP contribution is 2.27. The molecule has 23 heavy (non-hydrogen) atoms. The fourth-order valence-electron chi connectivity index (χ4n) is 2.33. The largest absolute Gasteiger partial charge is 0.394 e. The minimum absolute atomic E-state index is 0.0537. The molecule has 0 aliphatic carbocycles. The maximum absolute atomic E-state index is 11.5. The van der Waals surface area contributed by atoms with Gasteiger partial charge in [0.2, 0.25) is 0 Å². The van der Waals surface area contributed by atoms with Crippen LogP contribution in [0.15, 0.2) is 17.1 Å². The molecule has 0 unspecified atom stereocenters. The lowest BCUT2D eigenvalue weighted by molar-refractivity contribution is -0.0549. The first kappa shape index (κ1) is 17.8. The molecule has 4 atom stereocenters. The van der Waals surface area contributed by atoms with E-state index in [1.165, 1.54) is 12.3 Å². The summed E-state index contributed by atoms with van der Waals surface area (Å²) < 4.78 is 6.19. The molecular weight excluding hydrogens is 306 g/mol. The maximum Gasteiger partial charge on any atom is 0.351 e. The zero-order chi connectivity index (χ0) is 16.8. The van der Waals surface area contributed by atoms with E-state index in [1.54, 1.807) is 0 Å². The Bertz CT molecular complexity index is 538. The highest BCUT2D eigenvalue weighted by molar-refractivity contribution is 5.23. The number of nitrogens with one attached hydrogen (secondary N) is 2. The van der Waals surface area contributed by atoms with Crippen molar-refractivity contribution >= 4 is 5.82 Å². The quantitative estimate of drug-likeness (QED) is 0.326. The second-order valence-corrected chi connectivity index (χ2v) is 5.27. The van der Waals surface area contributed by atoms with Crippen molar-refractivity contribution in [1.29, 1.82) is 0 Å². The van der Waals surface area contributed by atoms with Gasteiger partial charge in [0.15, 0.2) is 6.23 Å². The molecule has 10 nitrogen and oxygen atoms in total. The van der Waals surface area contributed by atoms with Crippen LogP contribution < -0.4 is 22.1 Å². The molecule has 0 spiro atoms. The second-order valence-electron chi connectivity index (χ2n) is 5.27. The molecule has 0 amide bonds. The SMILES string of the molecule is C1CNCCN1.Nc1ccn([C@@H]2O[C@H](CO)[C@@H](O)[C@H]2O)c(=O)n1. The molecule has 130 valence electrons. The number of aliphatic hydroxyl groups excluding tert-OH is 3. The Morgan fingerprint density at radius 3 is 2.30 bits per heavy atom. The number of aromatic nitrogens is 2. The van der Waals surface area contributed by atoms with Crippen LogP contribution in [0.2, 0.25) is 0 Å². The van der Waals surface area contributed by atoms with Gasteiger partial charge in [-0.05, 0) is 6.07 Å². The summed E-state index contributed by atoms with van der Waals surface area (Å²) in [6.45, 7) is 4.10. The number of hydrogen-bond acceptors (Lipinski definition) is 9. The first-order chi connectivity index (χ1) is 11.0. The summed E-state index contributed by atoms with van der Waals surface area (Å²) in [6, 6.07) is 1.37. The van der Waals surface area contributed by atoms with Crippen molar-refractivity contribution in [2.75, 3.05) is 38.5 Å². The molecule has 0 aromatic carbocycles. The normalized spacial score (nSPS) is 30.6. The van der Waals surface area contributed by atoms with Crippen LogP contribution in [-0.4, -0.2) is 76.0 Å². The van der Waals surface area contributed by atoms with Gasteiger partial charge in [-0.25, -0.2) is 4.79 Å². The average Bonchev–Trinajstić information content (AvgIpc) is 2.85. The number of rotatable bonds is 2. The van der Waals surface area contributed by atoms with Crippen LogP contribution in [0, 0.1) is 0 Å². The van der Waals surface area contributed by atoms with Crippen molar-refractivity contribution in [1.82, 2.24) is 20.2 Å². The maximum atomic E-state index is 11.5. The molecule has 7 N–H and O–H groups in total. The molecule has 2 fully saturated rings. The summed E-state index contributed by atoms with van der Waals surface area (Å²) >= 11 is 0. The van der Waals surface area contributed by atoms with E-state index < -0.39 is 36.8 Å². The lowest BCUT2D eigenvalue weighted by Gasteiger charge is -2.16. The van der Waals surface area contributed by atoms with E-state index >= 15 is 0 Å². The van der Waals surface area contributed by atoms with Crippen LogP contribution in [0.1, 0.15) is 6.23 Å². The first-order valence-electron chi connectivity index (χ1n) is 7.43. The molecule has 1 aromatic heterocycles. The predicted molar refractivity (Wildman–Crippen MR) is 81.7 cm³/mol. The lowest BCUT2D eigenvalue weighted by Crippen LogP contribution is -2.39. The van der Waals surface area contributed by atoms with E-state index in [0.717, 1.165) is 30.7 Å². The van der Waals surface area contributed by atoms with Crippen molar-refractivity contribution in [2.45, 2.75) is 24.5 Å². The molecule has 1 aromatic rings.